The number of nitrogens with one attached hydrogen (secondary N) is 2. The van der Waals surface area contributed by atoms with Crippen molar-refractivity contribution in [3.8, 4) is 0 Å². The maximum Gasteiger partial charge on any atom is 0.252 e. The van der Waals surface area contributed by atoms with Crippen molar-refractivity contribution in [2.45, 2.75) is 9.96 Å². The average molecular weight is 458 g/mol. The first-order valence-corrected chi connectivity index (χ1v) is 8.57. The molecule has 1 atom stereocenters. The summed E-state index contributed by atoms with van der Waals surface area (Å²) in [5, 5.41) is 5.87. The van der Waals surface area contributed by atoms with Gasteiger partial charge in [-0.3, -0.25) is 4.79 Å². The van der Waals surface area contributed by atoms with E-state index in [4.69, 9.17) is 46.4 Å². The van der Waals surface area contributed by atoms with Gasteiger partial charge >= 0.3 is 0 Å². The molecule has 0 fully saturated rings. The van der Waals surface area contributed by atoms with Crippen LogP contribution < -0.4 is 10.6 Å². The van der Waals surface area contributed by atoms with Gasteiger partial charge in [-0.2, -0.15) is 0 Å². The summed E-state index contributed by atoms with van der Waals surface area (Å²) < 4.78 is -0.915. The maximum absolute atomic E-state index is 12.3. The molecule has 0 aliphatic carbocycles. The second-order valence-corrected chi connectivity index (χ2v) is 8.14. The minimum atomic E-state index is -1.77. The number of halogens is 5. The van der Waals surface area contributed by atoms with Crippen molar-refractivity contribution in [2.24, 2.45) is 0 Å². The van der Waals surface area contributed by atoms with E-state index in [0.29, 0.717) is 16.4 Å². The number of hydrogen-bond donors (Lipinski definition) is 2. The molecule has 0 radical (unpaired) electrons. The van der Waals surface area contributed by atoms with Crippen LogP contribution in [0.25, 0.3) is 0 Å². The first-order valence-electron chi connectivity index (χ1n) is 6.27. The molecule has 2 aromatic rings. The number of alkyl halides is 3. The molecule has 0 aliphatic rings. The molecular formula is C14H10BrCl4N3O. The fourth-order valence-corrected chi connectivity index (χ4v) is 2.35. The van der Waals surface area contributed by atoms with E-state index >= 15 is 0 Å². The molecule has 1 aromatic carbocycles. The molecule has 1 amide bonds. The number of rotatable bonds is 4. The zero-order chi connectivity index (χ0) is 17.0. The van der Waals surface area contributed by atoms with Crippen molar-refractivity contribution in [3.05, 3.63) is 57.8 Å². The molecule has 4 nitrogen and oxygen atoms in total. The molecule has 0 aliphatic heterocycles. The minimum absolute atomic E-state index is 0.333. The molecule has 9 heteroatoms. The minimum Gasteiger partial charge on any atom is -0.361 e. The third-order valence-electron chi connectivity index (χ3n) is 2.75. The van der Waals surface area contributed by atoms with Gasteiger partial charge in [-0.05, 0) is 36.4 Å². The van der Waals surface area contributed by atoms with Crippen LogP contribution in [0.15, 0.2) is 47.1 Å². The summed E-state index contributed by atoms with van der Waals surface area (Å²) in [7, 11) is 0. The van der Waals surface area contributed by atoms with Crippen LogP contribution in [0.1, 0.15) is 10.4 Å². The van der Waals surface area contributed by atoms with Crippen LogP contribution in [0.2, 0.25) is 5.15 Å². The summed E-state index contributed by atoms with van der Waals surface area (Å²) in [6.07, 6.45) is 0.504. The number of aromatic nitrogens is 1. The van der Waals surface area contributed by atoms with Crippen molar-refractivity contribution < 1.29 is 4.79 Å². The predicted octanol–water partition coefficient (Wildman–Crippen LogP) is 5.04. The third-order valence-corrected chi connectivity index (χ3v) is 4.15. The highest BCUT2D eigenvalue weighted by atomic mass is 79.9. The van der Waals surface area contributed by atoms with Gasteiger partial charge in [0.15, 0.2) is 0 Å². The molecule has 2 rings (SSSR count). The van der Waals surface area contributed by atoms with E-state index in [-0.39, 0.29) is 5.91 Å². The fraction of sp³-hybridized carbons (Fsp3) is 0.143. The Kier molecular flexibility index (Phi) is 6.40. The van der Waals surface area contributed by atoms with Crippen molar-refractivity contribution in [1.82, 2.24) is 10.3 Å². The highest BCUT2D eigenvalue weighted by Crippen LogP contribution is 2.31. The summed E-state index contributed by atoms with van der Waals surface area (Å²) in [6.45, 7) is 0. The monoisotopic (exact) mass is 455 g/mol. The Balaban J connectivity index is 2.14. The average Bonchev–Trinajstić information content (AvgIpc) is 2.48. The van der Waals surface area contributed by atoms with Crippen LogP contribution in [-0.2, 0) is 0 Å². The smallest absolute Gasteiger partial charge is 0.252 e. The molecule has 0 saturated carbocycles. The van der Waals surface area contributed by atoms with Crippen LogP contribution >= 0.6 is 62.3 Å². The highest BCUT2D eigenvalue weighted by molar-refractivity contribution is 9.10. The van der Waals surface area contributed by atoms with E-state index < -0.39 is 9.96 Å². The lowest BCUT2D eigenvalue weighted by molar-refractivity contribution is 0.0942. The molecule has 122 valence electrons. The van der Waals surface area contributed by atoms with E-state index in [1.165, 1.54) is 6.20 Å². The van der Waals surface area contributed by atoms with Crippen molar-refractivity contribution in [3.63, 3.8) is 0 Å². The Morgan fingerprint density at radius 2 is 1.78 bits per heavy atom. The molecule has 0 spiro atoms. The molecule has 0 bridgehead atoms. The Bertz CT molecular complexity index is 674. The number of pyridine rings is 1. The Morgan fingerprint density at radius 1 is 1.13 bits per heavy atom. The number of nitrogens with zero attached hydrogens (tertiary/aromatic N) is 1. The van der Waals surface area contributed by atoms with E-state index in [9.17, 15) is 4.79 Å². The van der Waals surface area contributed by atoms with Gasteiger partial charge < -0.3 is 10.6 Å². The SMILES string of the molecule is O=C(NC(Nc1ccc(Cl)nc1)C(Cl)(Cl)Cl)c1ccc(Br)cc1. The van der Waals surface area contributed by atoms with E-state index in [0.717, 1.165) is 4.47 Å². The zero-order valence-corrected chi connectivity index (χ0v) is 16.0. The molecule has 0 saturated heterocycles. The predicted molar refractivity (Wildman–Crippen MR) is 98.6 cm³/mol. The van der Waals surface area contributed by atoms with E-state index in [2.05, 4.69) is 31.5 Å². The zero-order valence-electron chi connectivity index (χ0n) is 11.4. The summed E-state index contributed by atoms with van der Waals surface area (Å²) in [4.78, 5) is 16.2. The second kappa shape index (κ2) is 7.90. The Hall–Kier alpha value is -0.720. The summed E-state index contributed by atoms with van der Waals surface area (Å²) >= 11 is 26.8. The molecule has 1 heterocycles. The maximum atomic E-state index is 12.3. The van der Waals surface area contributed by atoms with Gasteiger partial charge in [0.2, 0.25) is 3.79 Å². The number of benzene rings is 1. The fourth-order valence-electron chi connectivity index (χ4n) is 1.64. The van der Waals surface area contributed by atoms with Crippen molar-refractivity contribution in [1.29, 1.82) is 0 Å². The van der Waals surface area contributed by atoms with Gasteiger partial charge in [0.1, 0.15) is 11.3 Å². The molecular weight excluding hydrogens is 448 g/mol. The largest absolute Gasteiger partial charge is 0.361 e. The van der Waals surface area contributed by atoms with Gasteiger partial charge in [-0.25, -0.2) is 4.98 Å². The highest BCUT2D eigenvalue weighted by Gasteiger charge is 2.34. The van der Waals surface area contributed by atoms with Gasteiger partial charge in [0, 0.05) is 10.0 Å². The van der Waals surface area contributed by atoms with Crippen molar-refractivity contribution >= 4 is 73.9 Å². The van der Waals surface area contributed by atoms with E-state index in [1.807, 2.05) is 0 Å². The molecule has 1 unspecified atom stereocenters. The first-order chi connectivity index (χ1) is 10.8. The van der Waals surface area contributed by atoms with Gasteiger partial charge in [0.05, 0.1) is 11.9 Å². The van der Waals surface area contributed by atoms with Crippen LogP contribution in [0.4, 0.5) is 5.69 Å². The molecule has 2 N–H and O–H groups in total. The van der Waals surface area contributed by atoms with Gasteiger partial charge in [0.25, 0.3) is 5.91 Å². The van der Waals surface area contributed by atoms with Crippen LogP contribution in [0, 0.1) is 0 Å². The van der Waals surface area contributed by atoms with Crippen molar-refractivity contribution in [2.75, 3.05) is 5.32 Å². The number of anilines is 1. The third kappa shape index (κ3) is 5.69. The van der Waals surface area contributed by atoms with Gasteiger partial charge in [-0.1, -0.05) is 62.3 Å². The van der Waals surface area contributed by atoms with Crippen LogP contribution in [0.3, 0.4) is 0 Å². The lowest BCUT2D eigenvalue weighted by Crippen LogP contribution is -2.49. The van der Waals surface area contributed by atoms with Crippen LogP contribution in [-0.4, -0.2) is 20.8 Å². The standard InChI is InChI=1S/C14H10BrCl4N3O/c15-9-3-1-8(2-4-9)12(23)22-13(14(17,18)19)21-10-5-6-11(16)20-7-10/h1-7,13,21H,(H,22,23). The number of carbonyl (C=O) groups excluding carboxylic acids is 1. The van der Waals surface area contributed by atoms with Gasteiger partial charge in [-0.15, -0.1) is 0 Å². The topological polar surface area (TPSA) is 54.0 Å². The summed E-state index contributed by atoms with van der Waals surface area (Å²) in [5.74, 6) is -0.386. The summed E-state index contributed by atoms with van der Waals surface area (Å²) in [5.41, 5.74) is 0.977. The normalized spacial score (nSPS) is 12.6. The molecule has 23 heavy (non-hydrogen) atoms. The summed E-state index contributed by atoms with van der Waals surface area (Å²) in [6, 6.07) is 10.0. The second-order valence-electron chi connectivity index (χ2n) is 4.47. The Morgan fingerprint density at radius 3 is 2.30 bits per heavy atom. The number of carbonyl (C=O) groups is 1. The lowest BCUT2D eigenvalue weighted by Gasteiger charge is -2.27. The molecule has 1 aromatic heterocycles. The quantitative estimate of drug-likeness (QED) is 0.384. The number of amides is 1. The number of hydrogen-bond acceptors (Lipinski definition) is 3. The van der Waals surface area contributed by atoms with E-state index in [1.54, 1.807) is 36.4 Å². The van der Waals surface area contributed by atoms with Crippen LogP contribution in [0.5, 0.6) is 0 Å². The Labute approximate surface area is 161 Å². The lowest BCUT2D eigenvalue weighted by atomic mass is 10.2. The first kappa shape index (κ1) is 18.6.